The number of benzene rings is 3. The first-order valence-electron chi connectivity index (χ1n) is 10.9. The molecule has 1 unspecified atom stereocenters. The molecule has 6 rings (SSSR count). The van der Waals surface area contributed by atoms with Crippen molar-refractivity contribution < 1.29 is 4.52 Å². The number of hydrogen-bond donors (Lipinski definition) is 1. The molecule has 1 atom stereocenters. The van der Waals surface area contributed by atoms with E-state index in [1.54, 1.807) is 6.33 Å². The highest BCUT2D eigenvalue weighted by Gasteiger charge is 2.33. The average molecular weight is 422 g/mol. The molecule has 2 aromatic heterocycles. The fourth-order valence-electron chi connectivity index (χ4n) is 4.44. The molecule has 6 heteroatoms. The van der Waals surface area contributed by atoms with Gasteiger partial charge in [0.2, 0.25) is 11.7 Å². The summed E-state index contributed by atoms with van der Waals surface area (Å²) in [6.45, 7) is 3.68. The molecule has 32 heavy (non-hydrogen) atoms. The zero-order valence-electron chi connectivity index (χ0n) is 17.8. The number of rotatable bonds is 4. The lowest BCUT2D eigenvalue weighted by molar-refractivity contribution is 0.128. The summed E-state index contributed by atoms with van der Waals surface area (Å²) in [5.41, 5.74) is 5.71. The zero-order valence-corrected chi connectivity index (χ0v) is 17.8. The number of aryl methyl sites for hydroxylation is 1. The summed E-state index contributed by atoms with van der Waals surface area (Å²) in [4.78, 5) is 15.0. The number of hydrogen-bond acceptors (Lipinski definition) is 5. The van der Waals surface area contributed by atoms with E-state index in [4.69, 9.17) is 9.51 Å². The van der Waals surface area contributed by atoms with Crippen molar-refractivity contribution in [1.29, 1.82) is 0 Å². The molecule has 0 aliphatic carbocycles. The highest BCUT2D eigenvalue weighted by atomic mass is 16.5. The van der Waals surface area contributed by atoms with Crippen molar-refractivity contribution in [3.05, 3.63) is 101 Å². The number of fused-ring (bicyclic) bond motifs is 2. The fourth-order valence-corrected chi connectivity index (χ4v) is 4.44. The quantitative estimate of drug-likeness (QED) is 0.431. The number of aromatic nitrogens is 4. The van der Waals surface area contributed by atoms with Crippen molar-refractivity contribution in [2.45, 2.75) is 32.5 Å². The Labute approximate surface area is 185 Å². The van der Waals surface area contributed by atoms with Crippen LogP contribution >= 0.6 is 0 Å². The Kier molecular flexibility index (Phi) is 4.58. The molecule has 158 valence electrons. The van der Waals surface area contributed by atoms with E-state index in [1.807, 2.05) is 18.2 Å². The van der Waals surface area contributed by atoms with E-state index in [2.05, 4.69) is 75.5 Å². The van der Waals surface area contributed by atoms with E-state index in [0.29, 0.717) is 11.7 Å². The average Bonchev–Trinajstić information content (AvgIpc) is 3.49. The van der Waals surface area contributed by atoms with Gasteiger partial charge in [0.1, 0.15) is 0 Å². The van der Waals surface area contributed by atoms with E-state index in [-0.39, 0.29) is 6.04 Å². The van der Waals surface area contributed by atoms with Crippen molar-refractivity contribution in [3.63, 3.8) is 0 Å². The molecule has 0 spiro atoms. The van der Waals surface area contributed by atoms with Crippen LogP contribution in [0.25, 0.3) is 22.2 Å². The van der Waals surface area contributed by atoms with Crippen LogP contribution in [0, 0.1) is 6.92 Å². The van der Waals surface area contributed by atoms with Gasteiger partial charge in [0.25, 0.3) is 0 Å². The Hall–Kier alpha value is -3.77. The third kappa shape index (κ3) is 3.48. The number of nitrogens with one attached hydrogen (secondary N) is 1. The largest absolute Gasteiger partial charge is 0.347 e. The van der Waals surface area contributed by atoms with Crippen molar-refractivity contribution in [3.8, 4) is 11.4 Å². The summed E-state index contributed by atoms with van der Waals surface area (Å²) < 4.78 is 5.81. The maximum absolute atomic E-state index is 5.81. The second kappa shape index (κ2) is 7.73. The molecule has 0 amide bonds. The van der Waals surface area contributed by atoms with Gasteiger partial charge in [0, 0.05) is 25.1 Å². The number of H-pyrrole nitrogens is 1. The highest BCUT2D eigenvalue weighted by Crippen LogP contribution is 2.33. The Morgan fingerprint density at radius 2 is 1.88 bits per heavy atom. The smallest absolute Gasteiger partial charge is 0.244 e. The van der Waals surface area contributed by atoms with Gasteiger partial charge in [0.05, 0.1) is 23.8 Å². The molecule has 3 heterocycles. The zero-order chi connectivity index (χ0) is 21.5. The van der Waals surface area contributed by atoms with Crippen LogP contribution in [0.2, 0.25) is 0 Å². The summed E-state index contributed by atoms with van der Waals surface area (Å²) in [6, 6.07) is 23.2. The standard InChI is InChI=1S/C26H23N5O/c1-17-6-8-18(9-7-17)14-31-15-23-22(27-16-28-23)13-24(31)26-29-25(30-32-26)21-11-10-19-4-2-3-5-20(19)12-21/h2-12,16,24H,13-15H2,1H3,(H,27,28). The van der Waals surface area contributed by atoms with E-state index in [0.717, 1.165) is 41.8 Å². The van der Waals surface area contributed by atoms with Crippen molar-refractivity contribution in [1.82, 2.24) is 25.0 Å². The summed E-state index contributed by atoms with van der Waals surface area (Å²) >= 11 is 0. The van der Waals surface area contributed by atoms with Crippen LogP contribution in [-0.2, 0) is 19.5 Å². The molecule has 0 bridgehead atoms. The summed E-state index contributed by atoms with van der Waals surface area (Å²) in [7, 11) is 0. The molecular weight excluding hydrogens is 398 g/mol. The molecular formula is C26H23N5O. The predicted octanol–water partition coefficient (Wildman–Crippen LogP) is 5.22. The third-order valence-corrected chi connectivity index (χ3v) is 6.24. The van der Waals surface area contributed by atoms with Crippen molar-refractivity contribution in [2.75, 3.05) is 0 Å². The van der Waals surface area contributed by atoms with Crippen molar-refractivity contribution in [2.24, 2.45) is 0 Å². The van der Waals surface area contributed by atoms with Crippen molar-refractivity contribution >= 4 is 10.8 Å². The summed E-state index contributed by atoms with van der Waals surface area (Å²) in [6.07, 6.45) is 2.51. The molecule has 1 N–H and O–H groups in total. The first kappa shape index (κ1) is 19.0. The van der Waals surface area contributed by atoms with Crippen LogP contribution in [0.15, 0.2) is 77.6 Å². The fraction of sp³-hybridized carbons (Fsp3) is 0.192. The van der Waals surface area contributed by atoms with Crippen LogP contribution in [0.3, 0.4) is 0 Å². The second-order valence-electron chi connectivity index (χ2n) is 8.46. The van der Waals surface area contributed by atoms with Gasteiger partial charge in [-0.3, -0.25) is 4.90 Å². The monoisotopic (exact) mass is 421 g/mol. The van der Waals surface area contributed by atoms with Crippen LogP contribution < -0.4 is 0 Å². The minimum absolute atomic E-state index is 0.0196. The number of imidazole rings is 1. The van der Waals surface area contributed by atoms with Gasteiger partial charge in [-0.15, -0.1) is 0 Å². The topological polar surface area (TPSA) is 70.8 Å². The van der Waals surface area contributed by atoms with Gasteiger partial charge in [-0.1, -0.05) is 71.4 Å². The number of nitrogens with zero attached hydrogens (tertiary/aromatic N) is 4. The highest BCUT2D eigenvalue weighted by molar-refractivity contribution is 5.86. The van der Waals surface area contributed by atoms with Gasteiger partial charge in [-0.25, -0.2) is 4.98 Å². The molecule has 6 nitrogen and oxygen atoms in total. The maximum atomic E-state index is 5.81. The minimum atomic E-state index is -0.0196. The predicted molar refractivity (Wildman–Crippen MR) is 123 cm³/mol. The van der Waals surface area contributed by atoms with E-state index >= 15 is 0 Å². The Morgan fingerprint density at radius 3 is 2.75 bits per heavy atom. The van der Waals surface area contributed by atoms with Crippen LogP contribution in [0.1, 0.15) is 34.4 Å². The molecule has 0 saturated carbocycles. The number of aromatic amines is 1. The molecule has 1 aliphatic heterocycles. The lowest BCUT2D eigenvalue weighted by Gasteiger charge is -2.32. The van der Waals surface area contributed by atoms with Gasteiger partial charge in [-0.05, 0) is 29.3 Å². The summed E-state index contributed by atoms with van der Waals surface area (Å²) in [5.74, 6) is 1.25. The SMILES string of the molecule is Cc1ccc(CN2Cc3[nH]cnc3CC2c2nc(-c3ccc4ccccc4c3)no2)cc1. The maximum Gasteiger partial charge on any atom is 0.244 e. The van der Waals surface area contributed by atoms with Crippen LogP contribution in [0.4, 0.5) is 0 Å². The first-order chi connectivity index (χ1) is 15.7. The van der Waals surface area contributed by atoms with E-state index in [9.17, 15) is 0 Å². The van der Waals surface area contributed by atoms with Gasteiger partial charge < -0.3 is 9.51 Å². The first-order valence-corrected chi connectivity index (χ1v) is 10.9. The van der Waals surface area contributed by atoms with Crippen LogP contribution in [0.5, 0.6) is 0 Å². The lowest BCUT2D eigenvalue weighted by atomic mass is 10.0. The molecule has 0 saturated heterocycles. The molecule has 0 fully saturated rings. The molecule has 5 aromatic rings. The van der Waals surface area contributed by atoms with Gasteiger partial charge in [0.15, 0.2) is 0 Å². The van der Waals surface area contributed by atoms with Gasteiger partial charge in [-0.2, -0.15) is 4.98 Å². The Morgan fingerprint density at radius 1 is 1.03 bits per heavy atom. The lowest BCUT2D eigenvalue weighted by Crippen LogP contribution is -2.34. The van der Waals surface area contributed by atoms with E-state index in [1.165, 1.54) is 16.5 Å². The molecule has 3 aromatic carbocycles. The summed E-state index contributed by atoms with van der Waals surface area (Å²) in [5, 5.41) is 6.68. The van der Waals surface area contributed by atoms with E-state index < -0.39 is 0 Å². The minimum Gasteiger partial charge on any atom is -0.347 e. The molecule has 0 radical (unpaired) electrons. The normalized spacial score (nSPS) is 16.3. The van der Waals surface area contributed by atoms with Crippen LogP contribution in [-0.4, -0.2) is 25.0 Å². The molecule has 1 aliphatic rings. The Balaban J connectivity index is 1.33. The third-order valence-electron chi connectivity index (χ3n) is 6.24. The Bertz CT molecular complexity index is 1380. The second-order valence-corrected chi connectivity index (χ2v) is 8.46. The van der Waals surface area contributed by atoms with Gasteiger partial charge >= 0.3 is 0 Å².